The van der Waals surface area contributed by atoms with Gasteiger partial charge in [0.15, 0.2) is 5.82 Å². The van der Waals surface area contributed by atoms with Gasteiger partial charge in [0.05, 0.1) is 6.20 Å². The fourth-order valence-corrected chi connectivity index (χ4v) is 3.45. The Bertz CT molecular complexity index is 969. The second-order valence-corrected chi connectivity index (χ2v) is 6.97. The first-order chi connectivity index (χ1) is 13.6. The van der Waals surface area contributed by atoms with Crippen molar-refractivity contribution in [2.45, 2.75) is 13.8 Å². The lowest BCUT2D eigenvalue weighted by Gasteiger charge is -2.37. The van der Waals surface area contributed by atoms with Crippen molar-refractivity contribution < 1.29 is 4.39 Å². The van der Waals surface area contributed by atoms with Crippen LogP contribution in [0.3, 0.4) is 0 Å². The Balaban J connectivity index is 1.44. The number of hydrogen-bond donors (Lipinski definition) is 1. The molecule has 1 aromatic heterocycles. The molecule has 0 spiro atoms. The average Bonchev–Trinajstić information content (AvgIpc) is 2.71. The number of anilines is 4. The third kappa shape index (κ3) is 3.88. The van der Waals surface area contributed by atoms with E-state index in [1.165, 1.54) is 28.9 Å². The van der Waals surface area contributed by atoms with Gasteiger partial charge in [0.25, 0.3) is 0 Å². The van der Waals surface area contributed by atoms with Gasteiger partial charge in [-0.25, -0.2) is 4.39 Å². The summed E-state index contributed by atoms with van der Waals surface area (Å²) in [6.45, 7) is 7.86. The summed E-state index contributed by atoms with van der Waals surface area (Å²) in [5.41, 5.74) is 4.54. The molecule has 144 valence electrons. The van der Waals surface area contributed by atoms with Crippen LogP contribution in [0.1, 0.15) is 11.1 Å². The minimum atomic E-state index is -0.309. The summed E-state index contributed by atoms with van der Waals surface area (Å²) in [4.78, 5) is 9.17. The van der Waals surface area contributed by atoms with Gasteiger partial charge in [0, 0.05) is 37.6 Å². The molecule has 4 rings (SSSR count). The minimum absolute atomic E-state index is 0.309. The van der Waals surface area contributed by atoms with Crippen molar-refractivity contribution in [3.8, 4) is 0 Å². The Kier molecular flexibility index (Phi) is 5.06. The summed E-state index contributed by atoms with van der Waals surface area (Å²) >= 11 is 0. The monoisotopic (exact) mass is 378 g/mol. The molecule has 1 N–H and O–H groups in total. The molecular formula is C21H23FN6. The second kappa shape index (κ2) is 7.80. The fraction of sp³-hybridized carbons (Fsp3) is 0.286. The number of benzene rings is 2. The van der Waals surface area contributed by atoms with Gasteiger partial charge in [-0.1, -0.05) is 18.2 Å². The van der Waals surface area contributed by atoms with Crippen LogP contribution in [-0.2, 0) is 0 Å². The van der Waals surface area contributed by atoms with Crippen LogP contribution in [0.15, 0.2) is 48.7 Å². The van der Waals surface area contributed by atoms with Gasteiger partial charge in [-0.2, -0.15) is 10.1 Å². The lowest BCUT2D eigenvalue weighted by atomic mass is 10.1. The van der Waals surface area contributed by atoms with Crippen molar-refractivity contribution in [2.75, 3.05) is 41.3 Å². The van der Waals surface area contributed by atoms with Crippen molar-refractivity contribution in [2.24, 2.45) is 0 Å². The first kappa shape index (κ1) is 18.2. The maximum atomic E-state index is 13.4. The zero-order chi connectivity index (χ0) is 19.5. The molecule has 0 saturated carbocycles. The highest BCUT2D eigenvalue weighted by Gasteiger charge is 2.20. The summed E-state index contributed by atoms with van der Waals surface area (Å²) < 4.78 is 13.4. The Morgan fingerprint density at radius 2 is 1.71 bits per heavy atom. The van der Waals surface area contributed by atoms with Crippen molar-refractivity contribution in [1.29, 1.82) is 0 Å². The zero-order valence-electron chi connectivity index (χ0n) is 16.1. The van der Waals surface area contributed by atoms with E-state index < -0.39 is 0 Å². The molecule has 1 aliphatic heterocycles. The van der Waals surface area contributed by atoms with Gasteiger partial charge < -0.3 is 15.1 Å². The molecule has 6 nitrogen and oxygen atoms in total. The van der Waals surface area contributed by atoms with Crippen LogP contribution < -0.4 is 15.1 Å². The number of rotatable bonds is 4. The molecule has 2 aromatic carbocycles. The number of aryl methyl sites for hydroxylation is 1. The van der Waals surface area contributed by atoms with Gasteiger partial charge in [-0.05, 0) is 49.2 Å². The lowest BCUT2D eigenvalue weighted by Crippen LogP contribution is -2.47. The van der Waals surface area contributed by atoms with E-state index in [0.29, 0.717) is 11.6 Å². The van der Waals surface area contributed by atoms with Gasteiger partial charge in [-0.3, -0.25) is 0 Å². The SMILES string of the molecule is Cc1cccc(N2CCN(c3cnnc(Nc4cccc(F)c4)n3)CC2)c1C. The molecule has 0 unspecified atom stereocenters. The van der Waals surface area contributed by atoms with Crippen LogP contribution in [0.25, 0.3) is 0 Å². The average molecular weight is 378 g/mol. The molecular weight excluding hydrogens is 355 g/mol. The van der Waals surface area contributed by atoms with E-state index >= 15 is 0 Å². The molecule has 1 aliphatic rings. The van der Waals surface area contributed by atoms with E-state index in [1.54, 1.807) is 18.3 Å². The van der Waals surface area contributed by atoms with Crippen LogP contribution in [0.5, 0.6) is 0 Å². The van der Waals surface area contributed by atoms with Crippen LogP contribution in [0.2, 0.25) is 0 Å². The number of aromatic nitrogens is 3. The van der Waals surface area contributed by atoms with Crippen LogP contribution in [-0.4, -0.2) is 41.4 Å². The van der Waals surface area contributed by atoms with Crippen molar-refractivity contribution in [3.63, 3.8) is 0 Å². The molecule has 28 heavy (non-hydrogen) atoms. The van der Waals surface area contributed by atoms with E-state index in [-0.39, 0.29) is 5.82 Å². The topological polar surface area (TPSA) is 57.2 Å². The normalized spacial score (nSPS) is 14.2. The third-order valence-corrected chi connectivity index (χ3v) is 5.15. The summed E-state index contributed by atoms with van der Waals surface area (Å²) in [7, 11) is 0. The van der Waals surface area contributed by atoms with Crippen molar-refractivity contribution >= 4 is 23.1 Å². The van der Waals surface area contributed by atoms with Crippen molar-refractivity contribution in [3.05, 3.63) is 65.6 Å². The number of piperazine rings is 1. The Labute approximate surface area is 164 Å². The van der Waals surface area contributed by atoms with Gasteiger partial charge in [0.2, 0.25) is 5.95 Å². The van der Waals surface area contributed by atoms with E-state index in [0.717, 1.165) is 32.0 Å². The molecule has 3 aromatic rings. The second-order valence-electron chi connectivity index (χ2n) is 6.97. The fourth-order valence-electron chi connectivity index (χ4n) is 3.45. The van der Waals surface area contributed by atoms with Crippen LogP contribution in [0, 0.1) is 19.7 Å². The molecule has 1 saturated heterocycles. The molecule has 7 heteroatoms. The summed E-state index contributed by atoms with van der Waals surface area (Å²) in [5.74, 6) is 0.825. The van der Waals surface area contributed by atoms with E-state index in [4.69, 9.17) is 0 Å². The molecule has 0 bridgehead atoms. The largest absolute Gasteiger partial charge is 0.368 e. The minimum Gasteiger partial charge on any atom is -0.368 e. The lowest BCUT2D eigenvalue weighted by molar-refractivity contribution is 0.628. The van der Waals surface area contributed by atoms with E-state index in [1.807, 2.05) is 0 Å². The van der Waals surface area contributed by atoms with Crippen LogP contribution >= 0.6 is 0 Å². The van der Waals surface area contributed by atoms with E-state index in [9.17, 15) is 4.39 Å². The number of hydrogen-bond acceptors (Lipinski definition) is 6. The van der Waals surface area contributed by atoms with Gasteiger partial charge in [0.1, 0.15) is 5.82 Å². The molecule has 1 fully saturated rings. The smallest absolute Gasteiger partial charge is 0.249 e. The standard InChI is InChI=1S/C21H23FN6/c1-15-5-3-8-19(16(15)2)27-9-11-28(12-10-27)20-14-23-26-21(25-20)24-18-7-4-6-17(22)13-18/h3-8,13-14H,9-12H2,1-2H3,(H,24,25,26). The number of nitrogens with one attached hydrogen (secondary N) is 1. The molecule has 2 heterocycles. The molecule has 0 aliphatic carbocycles. The summed E-state index contributed by atoms with van der Waals surface area (Å²) in [6, 6.07) is 12.7. The Hall–Kier alpha value is -3.22. The highest BCUT2D eigenvalue weighted by Crippen LogP contribution is 2.25. The Morgan fingerprint density at radius 1 is 0.964 bits per heavy atom. The maximum absolute atomic E-state index is 13.4. The summed E-state index contributed by atoms with van der Waals surface area (Å²) in [6.07, 6.45) is 1.67. The maximum Gasteiger partial charge on any atom is 0.249 e. The van der Waals surface area contributed by atoms with E-state index in [2.05, 4.69) is 62.3 Å². The van der Waals surface area contributed by atoms with Crippen molar-refractivity contribution in [1.82, 2.24) is 15.2 Å². The highest BCUT2D eigenvalue weighted by molar-refractivity contribution is 5.58. The Morgan fingerprint density at radius 3 is 2.50 bits per heavy atom. The number of halogens is 1. The number of nitrogens with zero attached hydrogens (tertiary/aromatic N) is 5. The first-order valence-corrected chi connectivity index (χ1v) is 9.38. The molecule has 0 amide bonds. The highest BCUT2D eigenvalue weighted by atomic mass is 19.1. The predicted octanol–water partition coefficient (Wildman–Crippen LogP) is 3.70. The first-order valence-electron chi connectivity index (χ1n) is 9.38. The van der Waals surface area contributed by atoms with Gasteiger partial charge >= 0.3 is 0 Å². The molecule has 0 radical (unpaired) electrons. The van der Waals surface area contributed by atoms with Gasteiger partial charge in [-0.15, -0.1) is 5.10 Å². The van der Waals surface area contributed by atoms with Crippen LogP contribution in [0.4, 0.5) is 27.5 Å². The zero-order valence-corrected chi connectivity index (χ0v) is 16.1. The molecule has 0 atom stereocenters. The third-order valence-electron chi connectivity index (χ3n) is 5.15. The predicted molar refractivity (Wildman–Crippen MR) is 110 cm³/mol. The quantitative estimate of drug-likeness (QED) is 0.747. The summed E-state index contributed by atoms with van der Waals surface area (Å²) in [5, 5.41) is 11.1.